The minimum absolute atomic E-state index is 0.309. The average Bonchev–Trinajstić information content (AvgIpc) is 2.40. The van der Waals surface area contributed by atoms with E-state index in [0.717, 1.165) is 27.6 Å². The van der Waals surface area contributed by atoms with Crippen molar-refractivity contribution in [1.82, 2.24) is 9.97 Å². The number of hydrogen-bond donors (Lipinski definition) is 0. The van der Waals surface area contributed by atoms with Crippen LogP contribution in [-0.2, 0) is 0 Å². The Morgan fingerprint density at radius 3 is 2.48 bits per heavy atom. The van der Waals surface area contributed by atoms with Gasteiger partial charge in [0.15, 0.2) is 5.82 Å². The van der Waals surface area contributed by atoms with Gasteiger partial charge in [-0.1, -0.05) is 23.7 Å². The summed E-state index contributed by atoms with van der Waals surface area (Å²) >= 11 is 6.32. The van der Waals surface area contributed by atoms with Crippen LogP contribution in [0.3, 0.4) is 0 Å². The molecule has 0 unspecified atom stereocenters. The van der Waals surface area contributed by atoms with Crippen molar-refractivity contribution >= 4 is 22.5 Å². The van der Waals surface area contributed by atoms with Gasteiger partial charge in [0.2, 0.25) is 0 Å². The maximum absolute atomic E-state index is 13.5. The molecule has 0 fully saturated rings. The number of aryl methyl sites for hydroxylation is 3. The van der Waals surface area contributed by atoms with Crippen LogP contribution in [0.15, 0.2) is 30.3 Å². The van der Waals surface area contributed by atoms with Crippen molar-refractivity contribution in [1.29, 1.82) is 0 Å². The standard InChI is InChI=1S/C17H14ClFN2/c1-9-6-11(3)15-14(7-9)20-17(21-16(15)18)13-8-12(19)5-4-10(13)2/h4-8H,1-3H3. The summed E-state index contributed by atoms with van der Waals surface area (Å²) in [6.45, 7) is 5.89. The lowest BCUT2D eigenvalue weighted by molar-refractivity contribution is 0.627. The highest BCUT2D eigenvalue weighted by Crippen LogP contribution is 2.29. The van der Waals surface area contributed by atoms with E-state index in [0.29, 0.717) is 16.5 Å². The molecule has 3 aromatic rings. The summed E-state index contributed by atoms with van der Waals surface area (Å²) in [6, 6.07) is 8.59. The second kappa shape index (κ2) is 5.08. The van der Waals surface area contributed by atoms with E-state index in [1.54, 1.807) is 6.07 Å². The highest BCUT2D eigenvalue weighted by atomic mass is 35.5. The van der Waals surface area contributed by atoms with Gasteiger partial charge in [0.25, 0.3) is 0 Å². The summed E-state index contributed by atoms with van der Waals surface area (Å²) < 4.78 is 13.5. The largest absolute Gasteiger partial charge is 0.228 e. The molecule has 0 spiro atoms. The maximum atomic E-state index is 13.5. The first kappa shape index (κ1) is 14.0. The molecule has 106 valence electrons. The Bertz CT molecular complexity index is 859. The van der Waals surface area contributed by atoms with Crippen molar-refractivity contribution in [3.8, 4) is 11.4 Å². The number of benzene rings is 2. The van der Waals surface area contributed by atoms with Gasteiger partial charge in [-0.25, -0.2) is 14.4 Å². The van der Waals surface area contributed by atoms with Crippen LogP contribution in [0.1, 0.15) is 16.7 Å². The molecule has 1 heterocycles. The van der Waals surface area contributed by atoms with Crippen LogP contribution in [-0.4, -0.2) is 9.97 Å². The molecule has 0 N–H and O–H groups in total. The number of aromatic nitrogens is 2. The Morgan fingerprint density at radius 1 is 0.952 bits per heavy atom. The van der Waals surface area contributed by atoms with Gasteiger partial charge in [0, 0.05) is 10.9 Å². The zero-order valence-electron chi connectivity index (χ0n) is 12.0. The molecular weight excluding hydrogens is 287 g/mol. The quantitative estimate of drug-likeness (QED) is 0.590. The molecule has 2 aromatic carbocycles. The van der Waals surface area contributed by atoms with Crippen LogP contribution < -0.4 is 0 Å². The first-order chi connectivity index (χ1) is 9.95. The second-order valence-corrected chi connectivity index (χ2v) is 5.63. The predicted octanol–water partition coefficient (Wildman–Crippen LogP) is 5.01. The molecule has 2 nitrogen and oxygen atoms in total. The van der Waals surface area contributed by atoms with Crippen molar-refractivity contribution in [3.63, 3.8) is 0 Å². The van der Waals surface area contributed by atoms with Gasteiger partial charge in [0.05, 0.1) is 5.52 Å². The normalized spacial score (nSPS) is 11.1. The molecule has 0 radical (unpaired) electrons. The third kappa shape index (κ3) is 2.49. The lowest BCUT2D eigenvalue weighted by Gasteiger charge is -2.10. The monoisotopic (exact) mass is 300 g/mol. The molecule has 0 saturated carbocycles. The highest BCUT2D eigenvalue weighted by Gasteiger charge is 2.12. The fourth-order valence-electron chi connectivity index (χ4n) is 2.55. The van der Waals surface area contributed by atoms with Gasteiger partial charge < -0.3 is 0 Å². The third-order valence-corrected chi connectivity index (χ3v) is 3.81. The van der Waals surface area contributed by atoms with E-state index in [-0.39, 0.29) is 5.82 Å². The summed E-state index contributed by atoms with van der Waals surface area (Å²) in [5.74, 6) is 0.144. The first-order valence-corrected chi connectivity index (χ1v) is 7.04. The van der Waals surface area contributed by atoms with Gasteiger partial charge in [-0.2, -0.15) is 0 Å². The molecule has 0 atom stereocenters. The molecule has 21 heavy (non-hydrogen) atoms. The molecule has 0 amide bonds. The Kier molecular flexibility index (Phi) is 3.38. The predicted molar refractivity (Wildman–Crippen MR) is 84.2 cm³/mol. The number of halogens is 2. The van der Waals surface area contributed by atoms with Crippen molar-refractivity contribution in [3.05, 3.63) is 58.0 Å². The van der Waals surface area contributed by atoms with Crippen molar-refractivity contribution in [2.75, 3.05) is 0 Å². The third-order valence-electron chi connectivity index (χ3n) is 3.54. The number of rotatable bonds is 1. The van der Waals surface area contributed by atoms with Crippen LogP contribution in [0.25, 0.3) is 22.3 Å². The number of nitrogens with zero attached hydrogens (tertiary/aromatic N) is 2. The van der Waals surface area contributed by atoms with Crippen molar-refractivity contribution in [2.24, 2.45) is 0 Å². The molecule has 0 aliphatic carbocycles. The van der Waals surface area contributed by atoms with Crippen molar-refractivity contribution in [2.45, 2.75) is 20.8 Å². The smallest absolute Gasteiger partial charge is 0.161 e. The minimum Gasteiger partial charge on any atom is -0.228 e. The molecule has 0 saturated heterocycles. The van der Waals surface area contributed by atoms with Crippen LogP contribution in [0, 0.1) is 26.6 Å². The van der Waals surface area contributed by atoms with Crippen LogP contribution in [0.4, 0.5) is 4.39 Å². The lowest BCUT2D eigenvalue weighted by Crippen LogP contribution is -1.96. The van der Waals surface area contributed by atoms with Gasteiger partial charge in [-0.3, -0.25) is 0 Å². The van der Waals surface area contributed by atoms with Gasteiger partial charge in [-0.05, 0) is 55.7 Å². The maximum Gasteiger partial charge on any atom is 0.161 e. The Morgan fingerprint density at radius 2 is 1.71 bits per heavy atom. The Labute approximate surface area is 127 Å². The molecule has 0 aliphatic heterocycles. The fourth-order valence-corrected chi connectivity index (χ4v) is 2.87. The summed E-state index contributed by atoms with van der Waals surface area (Å²) in [5.41, 5.74) is 4.51. The fraction of sp³-hybridized carbons (Fsp3) is 0.176. The molecule has 3 rings (SSSR count). The lowest BCUT2D eigenvalue weighted by atomic mass is 10.1. The number of fused-ring (bicyclic) bond motifs is 1. The SMILES string of the molecule is Cc1cc(C)c2c(Cl)nc(-c3cc(F)ccc3C)nc2c1. The van der Waals surface area contributed by atoms with E-state index in [1.165, 1.54) is 12.1 Å². The highest BCUT2D eigenvalue weighted by molar-refractivity contribution is 6.34. The summed E-state index contributed by atoms with van der Waals surface area (Å²) in [7, 11) is 0. The van der Waals surface area contributed by atoms with Crippen molar-refractivity contribution < 1.29 is 4.39 Å². The Hall–Kier alpha value is -2.00. The zero-order valence-corrected chi connectivity index (χ0v) is 12.8. The van der Waals surface area contributed by atoms with E-state index < -0.39 is 0 Å². The van der Waals surface area contributed by atoms with Crippen LogP contribution in [0.2, 0.25) is 5.15 Å². The first-order valence-electron chi connectivity index (χ1n) is 6.67. The van der Waals surface area contributed by atoms with E-state index in [2.05, 4.69) is 9.97 Å². The van der Waals surface area contributed by atoms with Gasteiger partial charge in [-0.15, -0.1) is 0 Å². The Balaban J connectivity index is 2.32. The van der Waals surface area contributed by atoms with E-state index in [4.69, 9.17) is 11.6 Å². The van der Waals surface area contributed by atoms with Crippen LogP contribution in [0.5, 0.6) is 0 Å². The van der Waals surface area contributed by atoms with Gasteiger partial charge in [0.1, 0.15) is 11.0 Å². The topological polar surface area (TPSA) is 25.8 Å². The van der Waals surface area contributed by atoms with E-state index in [9.17, 15) is 4.39 Å². The average molecular weight is 301 g/mol. The molecule has 0 aliphatic rings. The molecule has 4 heteroatoms. The molecule has 1 aromatic heterocycles. The van der Waals surface area contributed by atoms with Crippen LogP contribution >= 0.6 is 11.6 Å². The molecule has 0 bridgehead atoms. The molecular formula is C17H14ClFN2. The summed E-state index contributed by atoms with van der Waals surface area (Å²) in [4.78, 5) is 8.92. The minimum atomic E-state index is -0.309. The van der Waals surface area contributed by atoms with E-state index >= 15 is 0 Å². The summed E-state index contributed by atoms with van der Waals surface area (Å²) in [6.07, 6.45) is 0. The van der Waals surface area contributed by atoms with E-state index in [1.807, 2.05) is 32.9 Å². The van der Waals surface area contributed by atoms with Gasteiger partial charge >= 0.3 is 0 Å². The zero-order chi connectivity index (χ0) is 15.1. The number of hydrogen-bond acceptors (Lipinski definition) is 2. The second-order valence-electron chi connectivity index (χ2n) is 5.27. The summed E-state index contributed by atoms with van der Waals surface area (Å²) in [5, 5.41) is 1.25.